The molecule has 25 heavy (non-hydrogen) atoms. The molecule has 0 bridgehead atoms. The molecule has 3 aromatic rings. The van der Waals surface area contributed by atoms with Crippen molar-refractivity contribution < 1.29 is 9.21 Å². The Morgan fingerprint density at radius 2 is 2.00 bits per heavy atom. The fraction of sp³-hybridized carbons (Fsp3) is 0.118. The lowest BCUT2D eigenvalue weighted by Gasteiger charge is -2.06. The zero-order valence-corrected chi connectivity index (χ0v) is 15.1. The van der Waals surface area contributed by atoms with Gasteiger partial charge in [-0.25, -0.2) is 4.68 Å². The van der Waals surface area contributed by atoms with Crippen molar-refractivity contribution in [1.82, 2.24) is 14.9 Å². The van der Waals surface area contributed by atoms with Crippen LogP contribution < -0.4 is 5.43 Å². The maximum absolute atomic E-state index is 12.1. The summed E-state index contributed by atoms with van der Waals surface area (Å²) in [7, 11) is 0. The molecule has 1 N–H and O–H groups in total. The third-order valence-corrected chi connectivity index (χ3v) is 4.24. The van der Waals surface area contributed by atoms with Crippen molar-refractivity contribution >= 4 is 35.3 Å². The first-order valence-electron chi connectivity index (χ1n) is 7.37. The maximum Gasteiger partial charge on any atom is 0.263 e. The lowest BCUT2D eigenvalue weighted by Crippen LogP contribution is -2.22. The Hall–Kier alpha value is -2.51. The van der Waals surface area contributed by atoms with Crippen molar-refractivity contribution in [3.8, 4) is 11.3 Å². The Kier molecular flexibility index (Phi) is 5.25. The molecule has 3 rings (SSSR count). The van der Waals surface area contributed by atoms with E-state index >= 15 is 0 Å². The Morgan fingerprint density at radius 3 is 2.72 bits per heavy atom. The van der Waals surface area contributed by atoms with Gasteiger partial charge in [0.15, 0.2) is 0 Å². The van der Waals surface area contributed by atoms with Gasteiger partial charge in [0.2, 0.25) is 5.16 Å². The number of benzene rings is 1. The summed E-state index contributed by atoms with van der Waals surface area (Å²) in [5.74, 6) is 1.58. The molecule has 6 nitrogen and oxygen atoms in total. The van der Waals surface area contributed by atoms with Crippen LogP contribution in [0.3, 0.4) is 0 Å². The van der Waals surface area contributed by atoms with Gasteiger partial charge in [0, 0.05) is 16.7 Å². The molecule has 0 saturated carbocycles. The van der Waals surface area contributed by atoms with E-state index in [-0.39, 0.29) is 5.91 Å². The number of halogens is 1. The van der Waals surface area contributed by atoms with E-state index in [4.69, 9.17) is 16.0 Å². The molecule has 1 amide bonds. The van der Waals surface area contributed by atoms with Crippen LogP contribution in [-0.4, -0.2) is 27.0 Å². The fourth-order valence-corrected chi connectivity index (χ4v) is 2.73. The number of nitrogens with zero attached hydrogens (tertiary/aromatic N) is 3. The number of furan rings is 1. The summed E-state index contributed by atoms with van der Waals surface area (Å²) < 4.78 is 7.26. The monoisotopic (exact) mass is 374 g/mol. The highest BCUT2D eigenvalue weighted by Gasteiger charge is 2.09. The summed E-state index contributed by atoms with van der Waals surface area (Å²) in [5, 5.41) is 9.17. The highest BCUT2D eigenvalue weighted by Crippen LogP contribution is 2.24. The molecule has 2 heterocycles. The second kappa shape index (κ2) is 7.58. The van der Waals surface area contributed by atoms with E-state index < -0.39 is 0 Å². The van der Waals surface area contributed by atoms with Crippen LogP contribution >= 0.6 is 23.4 Å². The average molecular weight is 375 g/mol. The van der Waals surface area contributed by atoms with Crippen molar-refractivity contribution in [2.75, 3.05) is 11.7 Å². The Bertz CT molecular complexity index is 915. The van der Waals surface area contributed by atoms with E-state index in [0.717, 1.165) is 5.56 Å². The van der Waals surface area contributed by atoms with E-state index in [2.05, 4.69) is 15.6 Å². The van der Waals surface area contributed by atoms with E-state index in [0.29, 0.717) is 27.5 Å². The Labute approximate surface area is 153 Å². The van der Waals surface area contributed by atoms with Crippen LogP contribution in [0.1, 0.15) is 11.6 Å². The van der Waals surface area contributed by atoms with Gasteiger partial charge >= 0.3 is 0 Å². The standard InChI is InChI=1S/C17H15ClN4O2S/c1-11-19-20-17(25-2)22(11)21-16(23)10-8-14-7-9-15(24-14)12-3-5-13(18)6-4-12/h3-10H,1-2H3,(H,21,23). The minimum Gasteiger partial charge on any atom is -0.457 e. The number of thioether (sulfide) groups is 1. The van der Waals surface area contributed by atoms with E-state index in [1.54, 1.807) is 35.9 Å². The van der Waals surface area contributed by atoms with Crippen molar-refractivity contribution in [2.24, 2.45) is 0 Å². The highest BCUT2D eigenvalue weighted by atomic mass is 35.5. The van der Waals surface area contributed by atoms with Gasteiger partial charge in [0.1, 0.15) is 17.3 Å². The Morgan fingerprint density at radius 1 is 1.24 bits per heavy atom. The number of carbonyl (C=O) groups is 1. The quantitative estimate of drug-likeness (QED) is 0.539. The molecular weight excluding hydrogens is 360 g/mol. The molecule has 0 saturated heterocycles. The first-order valence-corrected chi connectivity index (χ1v) is 8.98. The van der Waals surface area contributed by atoms with E-state index in [1.807, 2.05) is 24.5 Å². The van der Waals surface area contributed by atoms with Gasteiger partial charge in [0.25, 0.3) is 5.91 Å². The molecule has 0 aliphatic rings. The molecule has 0 aliphatic carbocycles. The number of hydrogen-bond acceptors (Lipinski definition) is 5. The van der Waals surface area contributed by atoms with Crippen LogP contribution in [0.4, 0.5) is 0 Å². The molecule has 0 spiro atoms. The number of nitrogens with one attached hydrogen (secondary N) is 1. The van der Waals surface area contributed by atoms with Crippen LogP contribution in [0.25, 0.3) is 17.4 Å². The normalized spacial score (nSPS) is 11.2. The molecule has 128 valence electrons. The number of amides is 1. The SMILES string of the molecule is CSc1nnc(C)n1NC(=O)C=Cc1ccc(-c2ccc(Cl)cc2)o1. The molecule has 8 heteroatoms. The van der Waals surface area contributed by atoms with E-state index in [9.17, 15) is 4.79 Å². The zero-order chi connectivity index (χ0) is 17.8. The number of hydrogen-bond donors (Lipinski definition) is 1. The van der Waals surface area contributed by atoms with E-state index in [1.165, 1.54) is 17.8 Å². The van der Waals surface area contributed by atoms with Gasteiger partial charge in [-0.2, -0.15) is 0 Å². The van der Waals surface area contributed by atoms with Gasteiger partial charge in [0.05, 0.1) is 0 Å². The molecule has 2 aromatic heterocycles. The zero-order valence-electron chi connectivity index (χ0n) is 13.6. The van der Waals surface area contributed by atoms with Gasteiger partial charge in [-0.15, -0.1) is 10.2 Å². The van der Waals surface area contributed by atoms with Gasteiger partial charge in [-0.05, 0) is 55.7 Å². The summed E-state index contributed by atoms with van der Waals surface area (Å²) in [6, 6.07) is 11.0. The number of aryl methyl sites for hydroxylation is 1. The molecule has 0 fully saturated rings. The van der Waals surface area contributed by atoms with Crippen molar-refractivity contribution in [2.45, 2.75) is 12.1 Å². The second-order valence-electron chi connectivity index (χ2n) is 5.09. The molecule has 0 unspecified atom stereocenters. The summed E-state index contributed by atoms with van der Waals surface area (Å²) in [5.41, 5.74) is 3.63. The maximum atomic E-state index is 12.1. The fourth-order valence-electron chi connectivity index (χ4n) is 2.12. The van der Waals surface area contributed by atoms with Gasteiger partial charge in [-0.3, -0.25) is 10.2 Å². The second-order valence-corrected chi connectivity index (χ2v) is 6.30. The minimum atomic E-state index is -0.303. The summed E-state index contributed by atoms with van der Waals surface area (Å²) in [4.78, 5) is 12.1. The topological polar surface area (TPSA) is 73.0 Å². The van der Waals surface area contributed by atoms with Gasteiger partial charge in [-0.1, -0.05) is 23.4 Å². The molecular formula is C17H15ClN4O2S. The van der Waals surface area contributed by atoms with Crippen LogP contribution in [0.5, 0.6) is 0 Å². The number of carbonyl (C=O) groups excluding carboxylic acids is 1. The molecule has 0 aliphatic heterocycles. The summed E-state index contributed by atoms with van der Waals surface area (Å²) >= 11 is 7.28. The lowest BCUT2D eigenvalue weighted by atomic mass is 10.2. The summed E-state index contributed by atoms with van der Waals surface area (Å²) in [6.07, 6.45) is 4.87. The lowest BCUT2D eigenvalue weighted by molar-refractivity contribution is -0.112. The molecule has 0 radical (unpaired) electrons. The summed E-state index contributed by atoms with van der Waals surface area (Å²) in [6.45, 7) is 1.77. The number of rotatable bonds is 5. The minimum absolute atomic E-state index is 0.303. The smallest absolute Gasteiger partial charge is 0.263 e. The van der Waals surface area contributed by atoms with Crippen LogP contribution in [-0.2, 0) is 4.79 Å². The first-order chi connectivity index (χ1) is 12.1. The number of aromatic nitrogens is 3. The highest BCUT2D eigenvalue weighted by molar-refractivity contribution is 7.98. The molecule has 0 atom stereocenters. The van der Waals surface area contributed by atoms with Crippen molar-refractivity contribution in [3.05, 3.63) is 59.1 Å². The van der Waals surface area contributed by atoms with Crippen molar-refractivity contribution in [1.29, 1.82) is 0 Å². The predicted octanol–water partition coefficient (Wildman–Crippen LogP) is 4.01. The van der Waals surface area contributed by atoms with Crippen LogP contribution in [0.15, 0.2) is 52.0 Å². The van der Waals surface area contributed by atoms with Crippen LogP contribution in [0.2, 0.25) is 5.02 Å². The third-order valence-electron chi connectivity index (χ3n) is 3.35. The van der Waals surface area contributed by atoms with Gasteiger partial charge < -0.3 is 4.42 Å². The largest absolute Gasteiger partial charge is 0.457 e. The van der Waals surface area contributed by atoms with Crippen LogP contribution in [0, 0.1) is 6.92 Å². The first kappa shape index (κ1) is 17.3. The third kappa shape index (κ3) is 4.12. The molecule has 1 aromatic carbocycles. The van der Waals surface area contributed by atoms with Crippen molar-refractivity contribution in [3.63, 3.8) is 0 Å². The average Bonchev–Trinajstić information content (AvgIpc) is 3.21. The Balaban J connectivity index is 1.69. The predicted molar refractivity (Wildman–Crippen MR) is 99.1 cm³/mol.